The highest BCUT2D eigenvalue weighted by Gasteiger charge is 2.24. The van der Waals surface area contributed by atoms with Gasteiger partial charge in [0.1, 0.15) is 5.82 Å². The van der Waals surface area contributed by atoms with Crippen LogP contribution in [0.25, 0.3) is 16.0 Å². The number of carbonyl (C=O) groups excluding carboxylic acids is 1. The van der Waals surface area contributed by atoms with Crippen LogP contribution >= 0.6 is 11.3 Å². The van der Waals surface area contributed by atoms with Crippen LogP contribution in [-0.2, 0) is 4.79 Å². The summed E-state index contributed by atoms with van der Waals surface area (Å²) in [5.41, 5.74) is 2.50. The Kier molecular flexibility index (Phi) is 4.82. The number of halogens is 1. The van der Waals surface area contributed by atoms with Crippen LogP contribution in [0.3, 0.4) is 0 Å². The molecular formula is C19H22FN5OS. The minimum absolute atomic E-state index is 0.240. The third kappa shape index (κ3) is 3.41. The first-order valence-corrected chi connectivity index (χ1v) is 10.0. The molecular weight excluding hydrogens is 365 g/mol. The first kappa shape index (κ1) is 17.9. The van der Waals surface area contributed by atoms with E-state index in [1.54, 1.807) is 28.2 Å². The van der Waals surface area contributed by atoms with Crippen molar-refractivity contribution in [3.63, 3.8) is 0 Å². The highest BCUT2D eigenvalue weighted by molar-refractivity contribution is 7.22. The van der Waals surface area contributed by atoms with Crippen molar-refractivity contribution in [3.8, 4) is 5.69 Å². The summed E-state index contributed by atoms with van der Waals surface area (Å²) in [5, 5.41) is 5.51. The van der Waals surface area contributed by atoms with Crippen LogP contribution in [0.2, 0.25) is 0 Å². The second-order valence-corrected chi connectivity index (χ2v) is 7.72. The second kappa shape index (κ2) is 7.26. The van der Waals surface area contributed by atoms with E-state index in [1.807, 2.05) is 18.7 Å². The van der Waals surface area contributed by atoms with E-state index in [4.69, 9.17) is 4.98 Å². The topological polar surface area (TPSA) is 54.3 Å². The van der Waals surface area contributed by atoms with Gasteiger partial charge in [-0.05, 0) is 37.6 Å². The molecule has 1 amide bonds. The first-order chi connectivity index (χ1) is 13.1. The molecule has 1 saturated heterocycles. The van der Waals surface area contributed by atoms with Crippen LogP contribution in [0.4, 0.5) is 9.52 Å². The normalized spacial score (nSPS) is 14.9. The Labute approximate surface area is 161 Å². The fourth-order valence-corrected chi connectivity index (χ4v) is 4.38. The lowest BCUT2D eigenvalue weighted by molar-refractivity contribution is -0.131. The van der Waals surface area contributed by atoms with E-state index in [1.165, 1.54) is 12.1 Å². The van der Waals surface area contributed by atoms with E-state index >= 15 is 0 Å². The maximum atomic E-state index is 13.2. The van der Waals surface area contributed by atoms with Crippen molar-refractivity contribution in [2.75, 3.05) is 31.1 Å². The van der Waals surface area contributed by atoms with Crippen LogP contribution in [0.5, 0.6) is 0 Å². The number of fused-ring (bicyclic) bond motifs is 1. The van der Waals surface area contributed by atoms with E-state index in [2.05, 4.69) is 10.00 Å². The number of rotatable bonds is 4. The third-order valence-corrected chi connectivity index (χ3v) is 6.03. The maximum Gasteiger partial charge on any atom is 0.222 e. The summed E-state index contributed by atoms with van der Waals surface area (Å²) in [6.45, 7) is 7.03. The number of benzene rings is 1. The van der Waals surface area contributed by atoms with Crippen LogP contribution in [0, 0.1) is 12.7 Å². The molecule has 0 bridgehead atoms. The van der Waals surface area contributed by atoms with Gasteiger partial charge >= 0.3 is 0 Å². The molecule has 1 aromatic carbocycles. The summed E-state index contributed by atoms with van der Waals surface area (Å²) in [4.78, 5) is 21.1. The third-order valence-electron chi connectivity index (χ3n) is 4.82. The molecule has 8 heteroatoms. The largest absolute Gasteiger partial charge is 0.344 e. The monoisotopic (exact) mass is 387 g/mol. The summed E-state index contributed by atoms with van der Waals surface area (Å²) in [5.74, 6) is -0.0300. The fraction of sp³-hybridized carbons (Fsp3) is 0.421. The van der Waals surface area contributed by atoms with Crippen LogP contribution in [0.1, 0.15) is 25.5 Å². The minimum atomic E-state index is -0.270. The molecule has 1 aliphatic rings. The van der Waals surface area contributed by atoms with Crippen molar-refractivity contribution in [1.29, 1.82) is 0 Å². The lowest BCUT2D eigenvalue weighted by Gasteiger charge is -2.34. The van der Waals surface area contributed by atoms with Gasteiger partial charge in [0.15, 0.2) is 10.8 Å². The number of hydrogen-bond donors (Lipinski definition) is 0. The number of hydrogen-bond acceptors (Lipinski definition) is 5. The molecule has 1 fully saturated rings. The number of anilines is 1. The van der Waals surface area contributed by atoms with Crippen molar-refractivity contribution in [3.05, 3.63) is 35.8 Å². The molecule has 0 aliphatic carbocycles. The van der Waals surface area contributed by atoms with E-state index < -0.39 is 0 Å². The van der Waals surface area contributed by atoms with Gasteiger partial charge in [-0.1, -0.05) is 18.3 Å². The SMILES string of the molecule is CCCC(=O)N1CCN(c2nc3c(s2)c(C)nn3-c2ccc(F)cc2)CC1. The predicted molar refractivity (Wildman–Crippen MR) is 105 cm³/mol. The van der Waals surface area contributed by atoms with Crippen molar-refractivity contribution in [1.82, 2.24) is 19.7 Å². The molecule has 3 aromatic rings. The van der Waals surface area contributed by atoms with Gasteiger partial charge < -0.3 is 9.80 Å². The van der Waals surface area contributed by atoms with Gasteiger partial charge in [-0.3, -0.25) is 4.79 Å². The molecule has 0 spiro atoms. The van der Waals surface area contributed by atoms with Crippen molar-refractivity contribution in [2.45, 2.75) is 26.7 Å². The zero-order valence-corrected chi connectivity index (χ0v) is 16.3. The number of piperazine rings is 1. The number of carbonyl (C=O) groups is 1. The van der Waals surface area contributed by atoms with Gasteiger partial charge in [-0.25, -0.2) is 9.07 Å². The quantitative estimate of drug-likeness (QED) is 0.689. The first-order valence-electron chi connectivity index (χ1n) is 9.21. The lowest BCUT2D eigenvalue weighted by Crippen LogP contribution is -2.48. The Bertz CT molecular complexity index is 957. The van der Waals surface area contributed by atoms with Crippen LogP contribution in [-0.4, -0.2) is 51.8 Å². The number of aryl methyl sites for hydroxylation is 1. The smallest absolute Gasteiger partial charge is 0.222 e. The summed E-state index contributed by atoms with van der Waals surface area (Å²) < 4.78 is 16.0. The van der Waals surface area contributed by atoms with E-state index in [0.717, 1.165) is 59.5 Å². The van der Waals surface area contributed by atoms with Crippen molar-refractivity contribution in [2.24, 2.45) is 0 Å². The minimum Gasteiger partial charge on any atom is -0.344 e. The molecule has 0 unspecified atom stereocenters. The Hall–Kier alpha value is -2.48. The summed E-state index contributed by atoms with van der Waals surface area (Å²) in [6.07, 6.45) is 1.50. The Morgan fingerprint density at radius 3 is 2.56 bits per heavy atom. The van der Waals surface area contributed by atoms with Gasteiger partial charge in [0.2, 0.25) is 5.91 Å². The molecule has 0 saturated carbocycles. The zero-order valence-electron chi connectivity index (χ0n) is 15.5. The van der Waals surface area contributed by atoms with Gasteiger partial charge in [0.05, 0.1) is 16.1 Å². The molecule has 27 heavy (non-hydrogen) atoms. The highest BCUT2D eigenvalue weighted by Crippen LogP contribution is 2.33. The highest BCUT2D eigenvalue weighted by atomic mass is 32.1. The molecule has 2 aromatic heterocycles. The van der Waals surface area contributed by atoms with E-state index in [0.29, 0.717) is 6.42 Å². The molecule has 1 aliphatic heterocycles. The molecule has 4 rings (SSSR count). The predicted octanol–water partition coefficient (Wildman–Crippen LogP) is 3.38. The summed E-state index contributed by atoms with van der Waals surface area (Å²) >= 11 is 1.62. The van der Waals surface area contributed by atoms with Gasteiger partial charge in [-0.15, -0.1) is 0 Å². The Balaban J connectivity index is 1.57. The fourth-order valence-electron chi connectivity index (χ4n) is 3.34. The summed E-state index contributed by atoms with van der Waals surface area (Å²) in [7, 11) is 0. The van der Waals surface area contributed by atoms with E-state index in [9.17, 15) is 9.18 Å². The molecule has 0 N–H and O–H groups in total. The van der Waals surface area contributed by atoms with Crippen molar-refractivity contribution < 1.29 is 9.18 Å². The molecule has 0 atom stereocenters. The van der Waals surface area contributed by atoms with Crippen molar-refractivity contribution >= 4 is 32.7 Å². The number of aromatic nitrogens is 3. The lowest BCUT2D eigenvalue weighted by atomic mass is 10.2. The molecule has 3 heterocycles. The second-order valence-electron chi connectivity index (χ2n) is 6.74. The van der Waals surface area contributed by atoms with Crippen LogP contribution in [0.15, 0.2) is 24.3 Å². The number of nitrogens with zero attached hydrogens (tertiary/aromatic N) is 5. The zero-order chi connectivity index (χ0) is 19.0. The Morgan fingerprint density at radius 2 is 1.89 bits per heavy atom. The maximum absolute atomic E-state index is 13.2. The molecule has 0 radical (unpaired) electrons. The Morgan fingerprint density at radius 1 is 1.19 bits per heavy atom. The number of amides is 1. The van der Waals surface area contributed by atoms with Gasteiger partial charge in [-0.2, -0.15) is 10.1 Å². The number of thiazole rings is 1. The molecule has 142 valence electrons. The van der Waals surface area contributed by atoms with Gasteiger partial charge in [0, 0.05) is 32.6 Å². The molecule has 6 nitrogen and oxygen atoms in total. The van der Waals surface area contributed by atoms with Crippen LogP contribution < -0.4 is 4.90 Å². The van der Waals surface area contributed by atoms with Gasteiger partial charge in [0.25, 0.3) is 0 Å². The summed E-state index contributed by atoms with van der Waals surface area (Å²) in [6, 6.07) is 6.27. The average molecular weight is 387 g/mol. The van der Waals surface area contributed by atoms with E-state index in [-0.39, 0.29) is 11.7 Å². The standard InChI is InChI=1S/C19H22FN5OS/c1-3-4-16(26)23-9-11-24(12-10-23)19-21-18-17(27-19)13(2)22-25(18)15-7-5-14(20)6-8-15/h5-8H,3-4,9-12H2,1-2H3. The average Bonchev–Trinajstić information content (AvgIpc) is 3.24.